The van der Waals surface area contributed by atoms with Crippen molar-refractivity contribution >= 4 is 11.6 Å². The number of amides is 1. The van der Waals surface area contributed by atoms with Crippen LogP contribution in [0.2, 0.25) is 0 Å². The summed E-state index contributed by atoms with van der Waals surface area (Å²) < 4.78 is 5.87. The first-order valence-electron chi connectivity index (χ1n) is 11.6. The number of benzene rings is 2. The van der Waals surface area contributed by atoms with Crippen molar-refractivity contribution in [3.8, 4) is 5.75 Å². The summed E-state index contributed by atoms with van der Waals surface area (Å²) in [4.78, 5) is 15.1. The normalized spacial score (nSPS) is 18.9. The lowest BCUT2D eigenvalue weighted by molar-refractivity contribution is -0.127. The van der Waals surface area contributed by atoms with Gasteiger partial charge in [0.25, 0.3) is 5.91 Å². The number of anilines is 1. The van der Waals surface area contributed by atoms with Crippen molar-refractivity contribution in [2.24, 2.45) is 5.92 Å². The molecule has 0 bridgehead atoms. The Labute approximate surface area is 188 Å². The minimum absolute atomic E-state index is 0.0730. The van der Waals surface area contributed by atoms with Crippen molar-refractivity contribution in [2.45, 2.75) is 71.9 Å². The number of carbonyl (C=O) groups is 1. The second kappa shape index (κ2) is 9.76. The van der Waals surface area contributed by atoms with Crippen molar-refractivity contribution < 1.29 is 9.53 Å². The third-order valence-electron chi connectivity index (χ3n) is 6.18. The number of piperidine rings is 1. The van der Waals surface area contributed by atoms with Gasteiger partial charge in [-0.15, -0.1) is 0 Å². The lowest BCUT2D eigenvalue weighted by atomic mass is 9.87. The van der Waals surface area contributed by atoms with Crippen LogP contribution >= 0.6 is 0 Å². The second-order valence-electron chi connectivity index (χ2n) is 10.0. The van der Waals surface area contributed by atoms with E-state index < -0.39 is 6.10 Å². The molecule has 31 heavy (non-hydrogen) atoms. The number of carbonyl (C=O) groups excluding carboxylic acids is 1. The van der Waals surface area contributed by atoms with Gasteiger partial charge in [-0.25, -0.2) is 0 Å². The van der Waals surface area contributed by atoms with Gasteiger partial charge in [0.05, 0.1) is 6.04 Å². The molecular weight excluding hydrogens is 384 g/mol. The molecule has 1 heterocycles. The molecule has 0 saturated carbocycles. The number of ether oxygens (including phenoxy) is 1. The van der Waals surface area contributed by atoms with Crippen LogP contribution in [0.4, 0.5) is 5.69 Å². The molecule has 0 aliphatic carbocycles. The zero-order chi connectivity index (χ0) is 22.6. The van der Waals surface area contributed by atoms with Crippen LogP contribution in [0.25, 0.3) is 0 Å². The zero-order valence-electron chi connectivity index (χ0n) is 19.9. The van der Waals surface area contributed by atoms with Gasteiger partial charge in [-0.2, -0.15) is 0 Å². The Morgan fingerprint density at radius 3 is 2.29 bits per heavy atom. The first kappa shape index (κ1) is 23.2. The highest BCUT2D eigenvalue weighted by molar-refractivity contribution is 5.81. The van der Waals surface area contributed by atoms with Crippen LogP contribution in [0.5, 0.6) is 5.75 Å². The predicted octanol–water partition coefficient (Wildman–Crippen LogP) is 5.87. The number of hydrogen-bond donors (Lipinski definition) is 1. The first-order chi connectivity index (χ1) is 14.6. The molecule has 1 amide bonds. The molecule has 3 atom stereocenters. The third kappa shape index (κ3) is 6.25. The molecule has 4 nitrogen and oxygen atoms in total. The predicted molar refractivity (Wildman–Crippen MR) is 129 cm³/mol. The van der Waals surface area contributed by atoms with Crippen molar-refractivity contribution in [3.05, 3.63) is 59.7 Å². The van der Waals surface area contributed by atoms with Gasteiger partial charge in [-0.1, -0.05) is 52.0 Å². The summed E-state index contributed by atoms with van der Waals surface area (Å²) in [5, 5.41) is 3.08. The molecule has 2 aromatic rings. The van der Waals surface area contributed by atoms with Crippen molar-refractivity contribution in [3.63, 3.8) is 0 Å². The molecular formula is C27H38N2O2. The number of hydrogen-bond acceptors (Lipinski definition) is 3. The molecule has 0 aromatic heterocycles. The fourth-order valence-electron chi connectivity index (χ4n) is 4.10. The Hall–Kier alpha value is -2.49. The number of nitrogens with one attached hydrogen (secondary N) is 1. The molecule has 2 aromatic carbocycles. The summed E-state index contributed by atoms with van der Waals surface area (Å²) in [5.74, 6) is 1.35. The highest BCUT2D eigenvalue weighted by Crippen LogP contribution is 2.26. The largest absolute Gasteiger partial charge is 0.481 e. The van der Waals surface area contributed by atoms with E-state index in [1.54, 1.807) is 6.92 Å². The summed E-state index contributed by atoms with van der Waals surface area (Å²) in [6, 6.07) is 16.5. The van der Waals surface area contributed by atoms with E-state index in [1.807, 2.05) is 19.1 Å². The molecule has 0 spiro atoms. The van der Waals surface area contributed by atoms with Gasteiger partial charge in [0.15, 0.2) is 6.10 Å². The Morgan fingerprint density at radius 1 is 1.06 bits per heavy atom. The molecule has 3 rings (SSSR count). The van der Waals surface area contributed by atoms with E-state index in [9.17, 15) is 4.79 Å². The standard InChI is InChI=1S/C27H38N2O2/c1-19-8-7-17-29(18-19)24-13-9-22(10-14-24)20(2)28-26(30)21(3)31-25-15-11-23(12-16-25)27(4,5)6/h9-16,19-21H,7-8,17-18H2,1-6H3,(H,28,30)/t19-,20+,21-/m1/s1. The highest BCUT2D eigenvalue weighted by Gasteiger charge is 2.20. The van der Waals surface area contributed by atoms with Gasteiger partial charge >= 0.3 is 0 Å². The second-order valence-corrected chi connectivity index (χ2v) is 10.0. The molecule has 1 saturated heterocycles. The Morgan fingerprint density at radius 2 is 1.71 bits per heavy atom. The van der Waals surface area contributed by atoms with Gasteiger partial charge in [0.2, 0.25) is 0 Å². The molecule has 168 valence electrons. The van der Waals surface area contributed by atoms with Crippen LogP contribution in [-0.4, -0.2) is 25.1 Å². The van der Waals surface area contributed by atoms with Gasteiger partial charge < -0.3 is 15.0 Å². The molecule has 4 heteroatoms. The van der Waals surface area contributed by atoms with Crippen molar-refractivity contribution in [1.82, 2.24) is 5.32 Å². The third-order valence-corrected chi connectivity index (χ3v) is 6.18. The molecule has 0 radical (unpaired) electrons. The fraction of sp³-hybridized carbons (Fsp3) is 0.519. The van der Waals surface area contributed by atoms with E-state index in [-0.39, 0.29) is 17.4 Å². The first-order valence-corrected chi connectivity index (χ1v) is 11.6. The SMILES string of the molecule is C[C@@H]1CCCN(c2ccc([C@H](C)NC(=O)[C@@H](C)Oc3ccc(C(C)(C)C)cc3)cc2)C1. The monoisotopic (exact) mass is 422 g/mol. The minimum Gasteiger partial charge on any atom is -0.481 e. The molecule has 1 aliphatic rings. The maximum atomic E-state index is 12.7. The zero-order valence-corrected chi connectivity index (χ0v) is 19.9. The van der Waals surface area contributed by atoms with E-state index in [1.165, 1.54) is 24.1 Å². The molecule has 1 aliphatic heterocycles. The van der Waals surface area contributed by atoms with Crippen molar-refractivity contribution in [1.29, 1.82) is 0 Å². The average molecular weight is 423 g/mol. The summed E-state index contributed by atoms with van der Waals surface area (Å²) in [6.07, 6.45) is 2.02. The van der Waals surface area contributed by atoms with Gasteiger partial charge in [-0.3, -0.25) is 4.79 Å². The van der Waals surface area contributed by atoms with Gasteiger partial charge in [-0.05, 0) is 73.4 Å². The summed E-state index contributed by atoms with van der Waals surface area (Å²) in [5.41, 5.74) is 3.71. The number of rotatable bonds is 6. The van der Waals surface area contributed by atoms with Crippen LogP contribution in [0, 0.1) is 5.92 Å². The Kier molecular flexibility index (Phi) is 7.30. The fourth-order valence-corrected chi connectivity index (χ4v) is 4.10. The molecule has 1 N–H and O–H groups in total. The highest BCUT2D eigenvalue weighted by atomic mass is 16.5. The van der Waals surface area contributed by atoms with Crippen LogP contribution in [0.15, 0.2) is 48.5 Å². The maximum absolute atomic E-state index is 12.7. The summed E-state index contributed by atoms with van der Waals surface area (Å²) in [6.45, 7) is 14.9. The smallest absolute Gasteiger partial charge is 0.261 e. The summed E-state index contributed by atoms with van der Waals surface area (Å²) in [7, 11) is 0. The van der Waals surface area contributed by atoms with E-state index >= 15 is 0 Å². The topological polar surface area (TPSA) is 41.6 Å². The van der Waals surface area contributed by atoms with Crippen LogP contribution in [0.1, 0.15) is 71.6 Å². The minimum atomic E-state index is -0.558. The van der Waals surface area contributed by atoms with Crippen LogP contribution in [0.3, 0.4) is 0 Å². The van der Waals surface area contributed by atoms with Crippen LogP contribution < -0.4 is 15.0 Å². The van der Waals surface area contributed by atoms with E-state index in [0.717, 1.165) is 24.6 Å². The summed E-state index contributed by atoms with van der Waals surface area (Å²) >= 11 is 0. The molecule has 1 fully saturated rings. The maximum Gasteiger partial charge on any atom is 0.261 e. The quantitative estimate of drug-likeness (QED) is 0.633. The van der Waals surface area contributed by atoms with Gasteiger partial charge in [0.1, 0.15) is 5.75 Å². The Balaban J connectivity index is 1.54. The number of nitrogens with zero attached hydrogens (tertiary/aromatic N) is 1. The van der Waals surface area contributed by atoms with E-state index in [4.69, 9.17) is 4.74 Å². The Bertz CT molecular complexity index is 852. The molecule has 0 unspecified atom stereocenters. The van der Waals surface area contributed by atoms with E-state index in [0.29, 0.717) is 5.75 Å². The van der Waals surface area contributed by atoms with Crippen molar-refractivity contribution in [2.75, 3.05) is 18.0 Å². The van der Waals surface area contributed by atoms with Gasteiger partial charge in [0, 0.05) is 18.8 Å². The average Bonchev–Trinajstić information content (AvgIpc) is 2.73. The van der Waals surface area contributed by atoms with E-state index in [2.05, 4.69) is 74.3 Å². The lowest BCUT2D eigenvalue weighted by Gasteiger charge is -2.33. The van der Waals surface area contributed by atoms with Crippen LogP contribution in [-0.2, 0) is 10.2 Å². The lowest BCUT2D eigenvalue weighted by Crippen LogP contribution is -2.37.